The molecule has 1 atom stereocenters. The highest BCUT2D eigenvalue weighted by Gasteiger charge is 2.35. The van der Waals surface area contributed by atoms with Crippen LogP contribution in [0.15, 0.2) is 45.7 Å². The molecule has 7 nitrogen and oxygen atoms in total. The molecule has 1 amide bonds. The first-order valence-corrected chi connectivity index (χ1v) is 11.5. The number of hydrogen-bond donors (Lipinski definition) is 1. The number of amidine groups is 1. The molecule has 30 heavy (non-hydrogen) atoms. The fraction of sp³-hybridized carbons (Fsp3) is 0.333. The fourth-order valence-corrected chi connectivity index (χ4v) is 5.25. The van der Waals surface area contributed by atoms with Crippen LogP contribution in [-0.4, -0.2) is 45.3 Å². The lowest BCUT2D eigenvalue weighted by molar-refractivity contribution is -0.121. The van der Waals surface area contributed by atoms with Gasteiger partial charge in [0, 0.05) is 29.7 Å². The summed E-state index contributed by atoms with van der Waals surface area (Å²) >= 11 is 6.14. The van der Waals surface area contributed by atoms with Crippen LogP contribution in [0.25, 0.3) is 0 Å². The van der Waals surface area contributed by atoms with Crippen molar-refractivity contribution in [1.29, 1.82) is 0 Å². The Labute approximate surface area is 180 Å². The molecule has 2 aromatic carbocycles. The number of fused-ring (bicyclic) bond motifs is 1. The van der Waals surface area contributed by atoms with Crippen LogP contribution in [0.3, 0.4) is 0 Å². The molecule has 0 aromatic heterocycles. The van der Waals surface area contributed by atoms with Crippen LogP contribution in [0.5, 0.6) is 5.75 Å². The summed E-state index contributed by atoms with van der Waals surface area (Å²) in [4.78, 5) is 15.1. The van der Waals surface area contributed by atoms with Crippen molar-refractivity contribution in [2.75, 3.05) is 25.5 Å². The van der Waals surface area contributed by atoms with Gasteiger partial charge in [-0.25, -0.2) is 0 Å². The normalized spacial score (nSPS) is 19.8. The number of anilines is 1. The summed E-state index contributed by atoms with van der Waals surface area (Å²) in [6, 6.07) is 10.2. The Kier molecular flexibility index (Phi) is 5.46. The highest BCUT2D eigenvalue weighted by molar-refractivity contribution is 7.90. The van der Waals surface area contributed by atoms with Crippen molar-refractivity contribution in [3.8, 4) is 5.75 Å². The molecular formula is C21H22ClN3O4S. The van der Waals surface area contributed by atoms with Crippen molar-refractivity contribution >= 4 is 39.1 Å². The molecule has 0 bridgehead atoms. The van der Waals surface area contributed by atoms with Crippen molar-refractivity contribution in [3.63, 3.8) is 0 Å². The zero-order valence-electron chi connectivity index (χ0n) is 16.7. The third-order valence-corrected chi connectivity index (χ3v) is 7.18. The number of aryl methyl sites for hydroxylation is 1. The third-order valence-electron chi connectivity index (χ3n) is 5.44. The van der Waals surface area contributed by atoms with Gasteiger partial charge in [0.2, 0.25) is 5.91 Å². The standard InChI is InChI=1S/C21H22ClN3O4S/c1-13-10-17(18(29-2)11-16(13)22)23-21(26)14-6-5-9-25(12-14)20-15-7-3-4-8-19(15)30(27,28)24-20/h3-4,7-8,10-11,14H,5-6,9,12H2,1-2H3,(H,23,26). The number of piperidine rings is 1. The molecule has 1 fully saturated rings. The highest BCUT2D eigenvalue weighted by Crippen LogP contribution is 2.33. The number of likely N-dealkylation sites (tertiary alicyclic amines) is 1. The highest BCUT2D eigenvalue weighted by atomic mass is 35.5. The Morgan fingerprint density at radius 2 is 2.07 bits per heavy atom. The first kappa shape index (κ1) is 20.7. The summed E-state index contributed by atoms with van der Waals surface area (Å²) in [5.41, 5.74) is 1.99. The van der Waals surface area contributed by atoms with E-state index in [1.165, 1.54) is 7.11 Å². The van der Waals surface area contributed by atoms with E-state index in [-0.39, 0.29) is 16.7 Å². The maximum absolute atomic E-state index is 13.0. The summed E-state index contributed by atoms with van der Waals surface area (Å²) in [7, 11) is -2.17. The molecular weight excluding hydrogens is 426 g/mol. The van der Waals surface area contributed by atoms with Gasteiger partial charge in [-0.05, 0) is 43.5 Å². The van der Waals surface area contributed by atoms with E-state index in [1.807, 2.05) is 11.8 Å². The average Bonchev–Trinajstić information content (AvgIpc) is 3.02. The molecule has 0 saturated carbocycles. The maximum Gasteiger partial charge on any atom is 0.285 e. The number of nitrogens with zero attached hydrogens (tertiary/aromatic N) is 2. The summed E-state index contributed by atoms with van der Waals surface area (Å²) in [5, 5.41) is 3.50. The molecule has 2 heterocycles. The van der Waals surface area contributed by atoms with Gasteiger partial charge in [-0.1, -0.05) is 23.7 Å². The summed E-state index contributed by atoms with van der Waals surface area (Å²) in [5.74, 6) is 0.460. The number of rotatable bonds is 3. The van der Waals surface area contributed by atoms with E-state index >= 15 is 0 Å². The van der Waals surface area contributed by atoms with Crippen LogP contribution < -0.4 is 10.1 Å². The minimum atomic E-state index is -3.69. The smallest absolute Gasteiger partial charge is 0.285 e. The number of methoxy groups -OCH3 is 1. The molecule has 2 aromatic rings. The maximum atomic E-state index is 13.0. The van der Waals surface area contributed by atoms with Crippen molar-refractivity contribution in [2.24, 2.45) is 10.3 Å². The zero-order valence-corrected chi connectivity index (χ0v) is 18.3. The van der Waals surface area contributed by atoms with Gasteiger partial charge in [0.1, 0.15) is 10.6 Å². The Hall–Kier alpha value is -2.58. The van der Waals surface area contributed by atoms with E-state index < -0.39 is 10.0 Å². The van der Waals surface area contributed by atoms with Crippen LogP contribution in [0, 0.1) is 12.8 Å². The molecule has 1 unspecified atom stereocenters. The second-order valence-electron chi connectivity index (χ2n) is 7.46. The minimum Gasteiger partial charge on any atom is -0.495 e. The van der Waals surface area contributed by atoms with Crippen LogP contribution in [0.2, 0.25) is 5.02 Å². The molecule has 1 N–H and O–H groups in total. The van der Waals surface area contributed by atoms with Crippen LogP contribution in [-0.2, 0) is 14.8 Å². The van der Waals surface area contributed by atoms with Crippen molar-refractivity contribution in [2.45, 2.75) is 24.7 Å². The Morgan fingerprint density at radius 3 is 2.83 bits per heavy atom. The number of hydrogen-bond acceptors (Lipinski definition) is 5. The fourth-order valence-electron chi connectivity index (χ4n) is 3.86. The van der Waals surface area contributed by atoms with E-state index in [1.54, 1.807) is 36.4 Å². The van der Waals surface area contributed by atoms with Crippen molar-refractivity contribution in [3.05, 3.63) is 52.5 Å². The van der Waals surface area contributed by atoms with Gasteiger partial charge >= 0.3 is 0 Å². The number of carbonyl (C=O) groups is 1. The lowest BCUT2D eigenvalue weighted by Gasteiger charge is -2.33. The van der Waals surface area contributed by atoms with E-state index in [4.69, 9.17) is 16.3 Å². The molecule has 0 spiro atoms. The number of sulfonamides is 1. The third kappa shape index (κ3) is 3.77. The molecule has 9 heteroatoms. The van der Waals surface area contributed by atoms with Crippen molar-refractivity contribution in [1.82, 2.24) is 4.90 Å². The van der Waals surface area contributed by atoms with E-state index in [0.29, 0.717) is 47.4 Å². The molecule has 2 aliphatic heterocycles. The minimum absolute atomic E-state index is 0.144. The Morgan fingerprint density at radius 1 is 1.30 bits per heavy atom. The zero-order chi connectivity index (χ0) is 21.5. The number of amides is 1. The van der Waals surface area contributed by atoms with Gasteiger partial charge < -0.3 is 15.0 Å². The van der Waals surface area contributed by atoms with Gasteiger partial charge in [0.15, 0.2) is 5.84 Å². The predicted molar refractivity (Wildman–Crippen MR) is 116 cm³/mol. The Bertz CT molecular complexity index is 1150. The molecule has 158 valence electrons. The second-order valence-corrected chi connectivity index (χ2v) is 9.44. The number of carbonyl (C=O) groups excluding carboxylic acids is 1. The average molecular weight is 448 g/mol. The first-order chi connectivity index (χ1) is 14.3. The van der Waals surface area contributed by atoms with E-state index in [0.717, 1.165) is 12.0 Å². The van der Waals surface area contributed by atoms with Crippen molar-refractivity contribution < 1.29 is 17.9 Å². The van der Waals surface area contributed by atoms with Gasteiger partial charge in [0.25, 0.3) is 10.0 Å². The van der Waals surface area contributed by atoms with Crippen LogP contribution >= 0.6 is 11.6 Å². The van der Waals surface area contributed by atoms with Gasteiger partial charge in [-0.2, -0.15) is 8.42 Å². The SMILES string of the molecule is COc1cc(Cl)c(C)cc1NC(=O)C1CCCN(C2=NS(=O)(=O)c3ccccc32)C1. The summed E-state index contributed by atoms with van der Waals surface area (Å²) < 4.78 is 34.1. The van der Waals surface area contributed by atoms with Crippen LogP contribution in [0.4, 0.5) is 5.69 Å². The summed E-state index contributed by atoms with van der Waals surface area (Å²) in [6.07, 6.45) is 1.47. The molecule has 0 aliphatic carbocycles. The van der Waals surface area contributed by atoms with Gasteiger partial charge in [-0.3, -0.25) is 4.79 Å². The number of ether oxygens (including phenoxy) is 1. The summed E-state index contributed by atoms with van der Waals surface area (Å²) in [6.45, 7) is 2.90. The van der Waals surface area contributed by atoms with E-state index in [9.17, 15) is 13.2 Å². The van der Waals surface area contributed by atoms with Gasteiger partial charge in [0.05, 0.1) is 18.7 Å². The quantitative estimate of drug-likeness (QED) is 0.778. The number of nitrogens with one attached hydrogen (secondary N) is 1. The first-order valence-electron chi connectivity index (χ1n) is 9.64. The van der Waals surface area contributed by atoms with E-state index in [2.05, 4.69) is 9.71 Å². The molecule has 2 aliphatic rings. The van der Waals surface area contributed by atoms with Crippen LogP contribution in [0.1, 0.15) is 24.0 Å². The second kappa shape index (κ2) is 7.92. The molecule has 1 saturated heterocycles. The monoisotopic (exact) mass is 447 g/mol. The van der Waals surface area contributed by atoms with Gasteiger partial charge in [-0.15, -0.1) is 4.40 Å². The number of halogens is 1. The largest absolute Gasteiger partial charge is 0.495 e. The lowest BCUT2D eigenvalue weighted by Crippen LogP contribution is -2.43. The predicted octanol–water partition coefficient (Wildman–Crippen LogP) is 3.46. The Balaban J connectivity index is 1.54. The number of benzene rings is 2. The topological polar surface area (TPSA) is 88.1 Å². The molecule has 4 rings (SSSR count). The lowest BCUT2D eigenvalue weighted by atomic mass is 9.96. The molecule has 0 radical (unpaired) electrons.